The number of halogens is 1. The lowest BCUT2D eigenvalue weighted by Gasteiger charge is -2.33. The number of ether oxygens (including phenoxy) is 2. The highest BCUT2D eigenvalue weighted by Crippen LogP contribution is 2.49. The maximum atomic E-state index is 11.8. The van der Waals surface area contributed by atoms with Crippen LogP contribution in [0.2, 0.25) is 5.02 Å². The van der Waals surface area contributed by atoms with E-state index in [0.29, 0.717) is 22.3 Å². The first kappa shape index (κ1) is 27.5. The van der Waals surface area contributed by atoms with E-state index in [1.165, 1.54) is 25.7 Å². The Bertz CT molecular complexity index is 1650. The molecule has 0 bridgehead atoms. The van der Waals surface area contributed by atoms with Crippen LogP contribution in [0.15, 0.2) is 33.8 Å². The Hall–Kier alpha value is -3.28. The topological polar surface area (TPSA) is 124 Å². The van der Waals surface area contributed by atoms with Crippen molar-refractivity contribution in [2.24, 2.45) is 11.8 Å². The fraction of sp³-hybridized carbons (Fsp3) is 0.567. The molecular weight excluding hydrogens is 558 g/mol. The molecule has 4 aromatic heterocycles. The Morgan fingerprint density at radius 1 is 1.14 bits per heavy atom. The number of hydrogen-bond donors (Lipinski definition) is 1. The standard InChI is InChI=1S/C30H36ClN7O4/c1-17-4-6-18(7-5-17)15-38-26-22(34-28(38)37-16-21(40-2)11-24(37)30(41-3)8-9-30)12-23(27-35-29(39)42-36-27)33-25(26)19-10-20(31)14-32-13-19/h10,12-14,17-18,21,24H,4-9,11,15-16H2,1-3H3,(H,35,36,39)/t17?,18?,21-,24+/m0/s1. The van der Waals surface area contributed by atoms with Gasteiger partial charge in [-0.25, -0.2) is 14.8 Å². The molecule has 0 aromatic carbocycles. The molecule has 1 N–H and O–H groups in total. The van der Waals surface area contributed by atoms with Gasteiger partial charge in [-0.15, -0.1) is 0 Å². The largest absolute Gasteiger partial charge is 0.439 e. The van der Waals surface area contributed by atoms with E-state index in [2.05, 4.69) is 31.5 Å². The third kappa shape index (κ3) is 4.91. The van der Waals surface area contributed by atoms with Crippen LogP contribution >= 0.6 is 11.6 Å². The van der Waals surface area contributed by atoms with Gasteiger partial charge in [-0.05, 0) is 56.1 Å². The molecule has 0 unspecified atom stereocenters. The number of pyridine rings is 2. The molecule has 7 rings (SSSR count). The summed E-state index contributed by atoms with van der Waals surface area (Å²) >= 11 is 6.42. The van der Waals surface area contributed by atoms with Crippen LogP contribution in [0.1, 0.15) is 51.9 Å². The Morgan fingerprint density at radius 2 is 1.95 bits per heavy atom. The van der Waals surface area contributed by atoms with Crippen LogP contribution in [0.3, 0.4) is 0 Å². The molecule has 222 valence electrons. The van der Waals surface area contributed by atoms with Gasteiger partial charge in [-0.2, -0.15) is 0 Å². The predicted octanol–water partition coefficient (Wildman–Crippen LogP) is 5.09. The maximum absolute atomic E-state index is 11.8. The first-order chi connectivity index (χ1) is 20.4. The van der Waals surface area contributed by atoms with E-state index in [1.54, 1.807) is 19.5 Å². The molecule has 11 nitrogen and oxygen atoms in total. The van der Waals surface area contributed by atoms with E-state index < -0.39 is 5.76 Å². The van der Waals surface area contributed by atoms with Gasteiger partial charge in [0.1, 0.15) is 5.69 Å². The molecule has 0 radical (unpaired) electrons. The molecule has 2 atom stereocenters. The van der Waals surface area contributed by atoms with Crippen molar-refractivity contribution in [2.45, 2.75) is 76.2 Å². The van der Waals surface area contributed by atoms with Crippen molar-refractivity contribution in [1.29, 1.82) is 0 Å². The van der Waals surface area contributed by atoms with Gasteiger partial charge in [-0.1, -0.05) is 36.5 Å². The number of H-pyrrole nitrogens is 1. The van der Waals surface area contributed by atoms with Gasteiger partial charge < -0.3 is 18.9 Å². The second-order valence-electron chi connectivity index (χ2n) is 12.2. The van der Waals surface area contributed by atoms with Crippen LogP contribution < -0.4 is 10.7 Å². The molecule has 2 saturated carbocycles. The summed E-state index contributed by atoms with van der Waals surface area (Å²) in [6.07, 6.45) is 11.2. The lowest BCUT2D eigenvalue weighted by Crippen LogP contribution is -2.43. The second kappa shape index (κ2) is 10.8. The van der Waals surface area contributed by atoms with E-state index in [4.69, 9.17) is 35.6 Å². The minimum absolute atomic E-state index is 0.0805. The van der Waals surface area contributed by atoms with E-state index in [-0.39, 0.29) is 23.6 Å². The highest BCUT2D eigenvalue weighted by atomic mass is 35.5. The Kier molecular flexibility index (Phi) is 7.06. The van der Waals surface area contributed by atoms with Crippen molar-refractivity contribution in [3.8, 4) is 22.8 Å². The summed E-state index contributed by atoms with van der Waals surface area (Å²) in [5.41, 5.74) is 3.35. The molecule has 42 heavy (non-hydrogen) atoms. The summed E-state index contributed by atoms with van der Waals surface area (Å²) in [4.78, 5) is 31.5. The van der Waals surface area contributed by atoms with Crippen LogP contribution in [-0.4, -0.2) is 68.2 Å². The van der Waals surface area contributed by atoms with Crippen molar-refractivity contribution < 1.29 is 14.0 Å². The Labute approximate surface area is 248 Å². The molecule has 0 spiro atoms. The molecule has 3 aliphatic rings. The van der Waals surface area contributed by atoms with Crippen molar-refractivity contribution >= 4 is 28.6 Å². The van der Waals surface area contributed by atoms with E-state index in [1.807, 2.05) is 19.2 Å². The fourth-order valence-electron chi connectivity index (χ4n) is 7.00. The smallest absolute Gasteiger partial charge is 0.380 e. The number of hydrogen-bond acceptors (Lipinski definition) is 9. The molecule has 4 aromatic rings. The fourth-order valence-corrected chi connectivity index (χ4v) is 7.17. The number of aromatic amines is 1. The minimum Gasteiger partial charge on any atom is -0.380 e. The molecule has 3 fully saturated rings. The third-order valence-electron chi connectivity index (χ3n) is 9.55. The van der Waals surface area contributed by atoms with Crippen LogP contribution in [0.5, 0.6) is 0 Å². The lowest BCUT2D eigenvalue weighted by molar-refractivity contribution is 0.0481. The van der Waals surface area contributed by atoms with Crippen LogP contribution in [0, 0.1) is 11.8 Å². The maximum Gasteiger partial charge on any atom is 0.439 e. The number of imidazole rings is 1. The second-order valence-corrected chi connectivity index (χ2v) is 12.7. The van der Waals surface area contributed by atoms with Crippen molar-refractivity contribution in [3.63, 3.8) is 0 Å². The molecular formula is C30H36ClN7O4. The number of aromatic nitrogens is 6. The van der Waals surface area contributed by atoms with Gasteiger partial charge in [0, 0.05) is 45.3 Å². The van der Waals surface area contributed by atoms with Gasteiger partial charge in [-0.3, -0.25) is 14.5 Å². The summed E-state index contributed by atoms with van der Waals surface area (Å²) < 4.78 is 19.2. The number of methoxy groups -OCH3 is 2. The first-order valence-electron chi connectivity index (χ1n) is 14.8. The summed E-state index contributed by atoms with van der Waals surface area (Å²) in [5.74, 6) is 1.76. The zero-order chi connectivity index (χ0) is 29.0. The van der Waals surface area contributed by atoms with E-state index in [0.717, 1.165) is 60.8 Å². The number of anilines is 1. The quantitative estimate of drug-likeness (QED) is 0.297. The highest BCUT2D eigenvalue weighted by molar-refractivity contribution is 6.30. The number of fused-ring (bicyclic) bond motifs is 1. The van der Waals surface area contributed by atoms with Crippen LogP contribution in [-0.2, 0) is 16.0 Å². The molecule has 5 heterocycles. The zero-order valence-corrected chi connectivity index (χ0v) is 24.9. The summed E-state index contributed by atoms with van der Waals surface area (Å²) in [7, 11) is 3.60. The average Bonchev–Trinajstić information content (AvgIpc) is 3.28. The molecule has 0 amide bonds. The van der Waals surface area contributed by atoms with Gasteiger partial charge in [0.25, 0.3) is 0 Å². The van der Waals surface area contributed by atoms with E-state index >= 15 is 0 Å². The summed E-state index contributed by atoms with van der Waals surface area (Å²) in [6, 6.07) is 3.87. The van der Waals surface area contributed by atoms with Crippen LogP contribution in [0.4, 0.5) is 5.95 Å². The first-order valence-corrected chi connectivity index (χ1v) is 15.2. The monoisotopic (exact) mass is 593 g/mol. The van der Waals surface area contributed by atoms with Crippen molar-refractivity contribution in [1.82, 2.24) is 29.7 Å². The number of nitrogens with one attached hydrogen (secondary N) is 1. The SMILES string of the molecule is CO[C@H]1C[C@H](C2(OC)CC2)N(c2nc3cc(-c4noc(=O)[nH]4)nc(-c4cncc(Cl)c4)c3n2CC2CCC(C)CC2)C1. The molecule has 12 heteroatoms. The zero-order valence-electron chi connectivity index (χ0n) is 24.2. The van der Waals surface area contributed by atoms with E-state index in [9.17, 15) is 4.79 Å². The van der Waals surface area contributed by atoms with Gasteiger partial charge in [0.15, 0.2) is 0 Å². The minimum atomic E-state index is -0.643. The Morgan fingerprint density at radius 3 is 2.62 bits per heavy atom. The lowest BCUT2D eigenvalue weighted by atomic mass is 9.83. The van der Waals surface area contributed by atoms with Gasteiger partial charge in [0.2, 0.25) is 11.8 Å². The van der Waals surface area contributed by atoms with Crippen molar-refractivity contribution in [3.05, 3.63) is 40.1 Å². The number of nitrogens with zero attached hydrogens (tertiary/aromatic N) is 6. The molecule has 2 aliphatic carbocycles. The van der Waals surface area contributed by atoms with Crippen molar-refractivity contribution in [2.75, 3.05) is 25.7 Å². The molecule has 1 aliphatic heterocycles. The third-order valence-corrected chi connectivity index (χ3v) is 9.76. The average molecular weight is 594 g/mol. The Balaban J connectivity index is 1.45. The normalized spacial score (nSPS) is 25.4. The summed E-state index contributed by atoms with van der Waals surface area (Å²) in [5, 5.41) is 4.42. The predicted molar refractivity (Wildman–Crippen MR) is 159 cm³/mol. The molecule has 1 saturated heterocycles. The highest BCUT2D eigenvalue weighted by Gasteiger charge is 2.56. The van der Waals surface area contributed by atoms with Crippen LogP contribution in [0.25, 0.3) is 33.8 Å². The number of rotatable bonds is 8. The summed E-state index contributed by atoms with van der Waals surface area (Å²) in [6.45, 7) is 3.89. The van der Waals surface area contributed by atoms with Gasteiger partial charge in [0.05, 0.1) is 39.5 Å². The van der Waals surface area contributed by atoms with Gasteiger partial charge >= 0.3 is 5.76 Å².